The van der Waals surface area contributed by atoms with Gasteiger partial charge in [0.1, 0.15) is 5.54 Å². The Labute approximate surface area is 114 Å². The van der Waals surface area contributed by atoms with E-state index in [1.807, 2.05) is 24.3 Å². The molecule has 0 spiro atoms. The Morgan fingerprint density at radius 2 is 1.89 bits per heavy atom. The normalized spacial score (nSPS) is 16.6. The van der Waals surface area contributed by atoms with E-state index in [1.165, 1.54) is 5.56 Å². The molecule has 1 amide bonds. The van der Waals surface area contributed by atoms with Crippen LogP contribution in [0.1, 0.15) is 54.9 Å². The van der Waals surface area contributed by atoms with E-state index in [0.29, 0.717) is 11.5 Å². The van der Waals surface area contributed by atoms with Crippen molar-refractivity contribution in [2.24, 2.45) is 0 Å². The molecule has 0 atom stereocenters. The Kier molecular flexibility index (Phi) is 3.61. The SMILES string of the molecule is CC(C)c1ccc(C(=O)N(C)C2(C#N)CCC2)cc1. The van der Waals surface area contributed by atoms with Crippen LogP contribution in [0.3, 0.4) is 0 Å². The molecule has 3 nitrogen and oxygen atoms in total. The highest BCUT2D eigenvalue weighted by molar-refractivity contribution is 5.95. The number of carbonyl (C=O) groups excluding carboxylic acids is 1. The highest BCUT2D eigenvalue weighted by Crippen LogP contribution is 2.37. The first kappa shape index (κ1) is 13.6. The first-order chi connectivity index (χ1) is 9.00. The molecule has 0 unspecified atom stereocenters. The number of hydrogen-bond acceptors (Lipinski definition) is 2. The Morgan fingerprint density at radius 3 is 2.26 bits per heavy atom. The fraction of sp³-hybridized carbons (Fsp3) is 0.500. The first-order valence-electron chi connectivity index (χ1n) is 6.79. The molecule has 0 bridgehead atoms. The number of rotatable bonds is 3. The zero-order valence-corrected chi connectivity index (χ0v) is 11.8. The second-order valence-corrected chi connectivity index (χ2v) is 5.64. The highest BCUT2D eigenvalue weighted by atomic mass is 16.2. The van der Waals surface area contributed by atoms with Crippen molar-refractivity contribution >= 4 is 5.91 Å². The quantitative estimate of drug-likeness (QED) is 0.832. The molecule has 1 aromatic rings. The summed E-state index contributed by atoms with van der Waals surface area (Å²) in [5.41, 5.74) is 1.31. The van der Waals surface area contributed by atoms with Crippen LogP contribution in [-0.2, 0) is 0 Å². The van der Waals surface area contributed by atoms with Crippen molar-refractivity contribution in [3.8, 4) is 6.07 Å². The van der Waals surface area contributed by atoms with Gasteiger partial charge in [-0.3, -0.25) is 4.79 Å². The van der Waals surface area contributed by atoms with Crippen LogP contribution < -0.4 is 0 Å². The highest BCUT2D eigenvalue weighted by Gasteiger charge is 2.43. The molecule has 1 fully saturated rings. The summed E-state index contributed by atoms with van der Waals surface area (Å²) < 4.78 is 0. The maximum absolute atomic E-state index is 12.4. The van der Waals surface area contributed by atoms with Gasteiger partial charge in [0.2, 0.25) is 0 Å². The third kappa shape index (κ3) is 2.35. The molecule has 1 aliphatic carbocycles. The Morgan fingerprint density at radius 1 is 1.32 bits per heavy atom. The molecule has 1 saturated carbocycles. The van der Waals surface area contributed by atoms with Gasteiger partial charge in [0.05, 0.1) is 6.07 Å². The van der Waals surface area contributed by atoms with Crippen LogP contribution >= 0.6 is 0 Å². The first-order valence-corrected chi connectivity index (χ1v) is 6.79. The lowest BCUT2D eigenvalue weighted by Crippen LogP contribution is -2.53. The summed E-state index contributed by atoms with van der Waals surface area (Å²) in [5, 5.41) is 9.28. The lowest BCUT2D eigenvalue weighted by atomic mass is 9.76. The molecule has 3 heteroatoms. The van der Waals surface area contributed by atoms with Crippen LogP contribution in [0.15, 0.2) is 24.3 Å². The molecule has 0 aromatic heterocycles. The molecule has 0 radical (unpaired) electrons. The Balaban J connectivity index is 2.18. The minimum atomic E-state index is -0.576. The van der Waals surface area contributed by atoms with E-state index >= 15 is 0 Å². The van der Waals surface area contributed by atoms with Crippen molar-refractivity contribution in [2.45, 2.75) is 44.6 Å². The largest absolute Gasteiger partial charge is 0.323 e. The monoisotopic (exact) mass is 256 g/mol. The van der Waals surface area contributed by atoms with Crippen LogP contribution in [0.2, 0.25) is 0 Å². The Hall–Kier alpha value is -1.82. The summed E-state index contributed by atoms with van der Waals surface area (Å²) in [4.78, 5) is 14.0. The second-order valence-electron chi connectivity index (χ2n) is 5.64. The lowest BCUT2D eigenvalue weighted by Gasteiger charge is -2.42. The van der Waals surface area contributed by atoms with E-state index < -0.39 is 5.54 Å². The van der Waals surface area contributed by atoms with Crippen LogP contribution in [0.25, 0.3) is 0 Å². The fourth-order valence-corrected chi connectivity index (χ4v) is 2.43. The number of hydrogen-bond donors (Lipinski definition) is 0. The van der Waals surface area contributed by atoms with Crippen molar-refractivity contribution < 1.29 is 4.79 Å². The van der Waals surface area contributed by atoms with Crippen molar-refractivity contribution in [1.29, 1.82) is 5.26 Å². The van der Waals surface area contributed by atoms with Crippen LogP contribution in [0.4, 0.5) is 0 Å². The van der Waals surface area contributed by atoms with Gasteiger partial charge in [0, 0.05) is 12.6 Å². The predicted molar refractivity (Wildman–Crippen MR) is 74.8 cm³/mol. The average Bonchev–Trinajstić information content (AvgIpc) is 2.37. The number of benzene rings is 1. The summed E-state index contributed by atoms with van der Waals surface area (Å²) >= 11 is 0. The molecule has 0 aliphatic heterocycles. The summed E-state index contributed by atoms with van der Waals surface area (Å²) in [6, 6.07) is 10.0. The molecule has 1 aliphatic rings. The number of amides is 1. The molecular weight excluding hydrogens is 236 g/mol. The maximum Gasteiger partial charge on any atom is 0.254 e. The number of carbonyl (C=O) groups is 1. The molecule has 0 N–H and O–H groups in total. The predicted octanol–water partition coefficient (Wildman–Crippen LogP) is 3.33. The summed E-state index contributed by atoms with van der Waals surface area (Å²) in [6.07, 6.45) is 2.60. The summed E-state index contributed by atoms with van der Waals surface area (Å²) in [5.74, 6) is 0.399. The Bertz CT molecular complexity index is 507. The van der Waals surface area contributed by atoms with Gasteiger partial charge in [-0.2, -0.15) is 5.26 Å². The fourth-order valence-electron chi connectivity index (χ4n) is 2.43. The van der Waals surface area contributed by atoms with Crippen molar-refractivity contribution in [3.63, 3.8) is 0 Å². The maximum atomic E-state index is 12.4. The minimum absolute atomic E-state index is 0.0587. The van der Waals surface area contributed by atoms with Gasteiger partial charge < -0.3 is 4.90 Å². The molecular formula is C16H20N2O. The number of nitrogens with zero attached hydrogens (tertiary/aromatic N) is 2. The molecule has 100 valence electrons. The molecule has 19 heavy (non-hydrogen) atoms. The second kappa shape index (κ2) is 5.05. The van der Waals surface area contributed by atoms with E-state index in [4.69, 9.17) is 0 Å². The zero-order valence-electron chi connectivity index (χ0n) is 11.8. The van der Waals surface area contributed by atoms with Gasteiger partial charge in [-0.1, -0.05) is 26.0 Å². The standard InChI is InChI=1S/C16H20N2O/c1-12(2)13-5-7-14(8-6-13)15(19)18(3)16(11-17)9-4-10-16/h5-8,12H,4,9-10H2,1-3H3. The van der Waals surface area contributed by atoms with Crippen LogP contribution in [0, 0.1) is 11.3 Å². The lowest BCUT2D eigenvalue weighted by molar-refractivity contribution is 0.0497. The van der Waals surface area contributed by atoms with E-state index in [1.54, 1.807) is 11.9 Å². The smallest absolute Gasteiger partial charge is 0.254 e. The minimum Gasteiger partial charge on any atom is -0.323 e. The summed E-state index contributed by atoms with van der Waals surface area (Å²) in [6.45, 7) is 4.25. The van der Waals surface area contributed by atoms with Crippen LogP contribution in [0.5, 0.6) is 0 Å². The molecule has 1 aromatic carbocycles. The van der Waals surface area contributed by atoms with E-state index in [-0.39, 0.29) is 5.91 Å². The van der Waals surface area contributed by atoms with Gasteiger partial charge in [-0.15, -0.1) is 0 Å². The van der Waals surface area contributed by atoms with E-state index in [2.05, 4.69) is 19.9 Å². The topological polar surface area (TPSA) is 44.1 Å². The zero-order chi connectivity index (χ0) is 14.0. The third-order valence-corrected chi connectivity index (χ3v) is 4.16. The van der Waals surface area contributed by atoms with E-state index in [9.17, 15) is 10.1 Å². The van der Waals surface area contributed by atoms with Crippen molar-refractivity contribution in [2.75, 3.05) is 7.05 Å². The molecule has 0 heterocycles. The summed E-state index contributed by atoms with van der Waals surface area (Å²) in [7, 11) is 1.74. The van der Waals surface area contributed by atoms with Crippen molar-refractivity contribution in [1.82, 2.24) is 4.90 Å². The van der Waals surface area contributed by atoms with E-state index in [0.717, 1.165) is 19.3 Å². The molecule has 2 rings (SSSR count). The van der Waals surface area contributed by atoms with Crippen molar-refractivity contribution in [3.05, 3.63) is 35.4 Å². The van der Waals surface area contributed by atoms with Gasteiger partial charge in [-0.05, 0) is 42.9 Å². The van der Waals surface area contributed by atoms with Gasteiger partial charge in [0.15, 0.2) is 0 Å². The van der Waals surface area contributed by atoms with Gasteiger partial charge in [-0.25, -0.2) is 0 Å². The van der Waals surface area contributed by atoms with Gasteiger partial charge in [0.25, 0.3) is 5.91 Å². The average molecular weight is 256 g/mol. The molecule has 0 saturated heterocycles. The third-order valence-electron chi connectivity index (χ3n) is 4.16. The van der Waals surface area contributed by atoms with Gasteiger partial charge >= 0.3 is 0 Å². The number of nitriles is 1. The van der Waals surface area contributed by atoms with Crippen LogP contribution in [-0.4, -0.2) is 23.4 Å².